The lowest BCUT2D eigenvalue weighted by Gasteiger charge is -2.06. The van der Waals surface area contributed by atoms with Crippen LogP contribution in [0.1, 0.15) is 15.9 Å². The van der Waals surface area contributed by atoms with Crippen LogP contribution in [0.15, 0.2) is 41.1 Å². The third-order valence-corrected chi connectivity index (χ3v) is 3.14. The largest absolute Gasteiger partial charge is 0.504 e. The van der Waals surface area contributed by atoms with Gasteiger partial charge in [-0.15, -0.1) is 0 Å². The molecule has 0 spiro atoms. The second kappa shape index (κ2) is 6.38. The van der Waals surface area contributed by atoms with Crippen molar-refractivity contribution in [2.45, 2.75) is 6.42 Å². The summed E-state index contributed by atoms with van der Waals surface area (Å²) >= 11 is 3.26. The fourth-order valence-corrected chi connectivity index (χ4v) is 2.05. The number of halogens is 1. The lowest BCUT2D eigenvalue weighted by molar-refractivity contribution is 0.0953. The van der Waals surface area contributed by atoms with Gasteiger partial charge in [0.1, 0.15) is 0 Å². The van der Waals surface area contributed by atoms with E-state index in [0.29, 0.717) is 18.5 Å². The van der Waals surface area contributed by atoms with E-state index in [-0.39, 0.29) is 17.4 Å². The number of nitrogens with one attached hydrogen (secondary N) is 1. The number of carbonyl (C=O) groups is 1. The number of phenolic OH excluding ortho intramolecular Hbond substituents is 2. The lowest BCUT2D eigenvalue weighted by atomic mass is 10.1. The van der Waals surface area contributed by atoms with Crippen LogP contribution in [0.25, 0.3) is 0 Å². The molecule has 0 aliphatic rings. The minimum atomic E-state index is -0.207. The quantitative estimate of drug-likeness (QED) is 0.747. The van der Waals surface area contributed by atoms with Gasteiger partial charge in [-0.3, -0.25) is 9.78 Å². The molecule has 0 fully saturated rings. The predicted octanol–water partition coefficient (Wildman–Crippen LogP) is 2.23. The summed E-state index contributed by atoms with van der Waals surface area (Å²) in [6.07, 6.45) is 3.66. The molecule has 6 heteroatoms. The number of carbonyl (C=O) groups excluding carboxylic acids is 1. The number of pyridine rings is 1. The van der Waals surface area contributed by atoms with Crippen LogP contribution in [0.3, 0.4) is 0 Å². The summed E-state index contributed by atoms with van der Waals surface area (Å²) in [5, 5.41) is 21.3. The molecule has 1 aromatic carbocycles. The van der Waals surface area contributed by atoms with Crippen molar-refractivity contribution in [1.29, 1.82) is 0 Å². The highest BCUT2D eigenvalue weighted by molar-refractivity contribution is 9.10. The van der Waals surface area contributed by atoms with Gasteiger partial charge in [-0.05, 0) is 46.1 Å². The fraction of sp³-hybridized carbons (Fsp3) is 0.143. The van der Waals surface area contributed by atoms with Crippen molar-refractivity contribution in [2.24, 2.45) is 0 Å². The minimum Gasteiger partial charge on any atom is -0.504 e. The van der Waals surface area contributed by atoms with Crippen molar-refractivity contribution in [3.05, 3.63) is 52.3 Å². The van der Waals surface area contributed by atoms with Crippen LogP contribution in [0.5, 0.6) is 11.5 Å². The smallest absolute Gasteiger partial charge is 0.252 e. The second-order valence-electron chi connectivity index (χ2n) is 4.22. The zero-order valence-electron chi connectivity index (χ0n) is 10.5. The van der Waals surface area contributed by atoms with Gasteiger partial charge in [-0.25, -0.2) is 0 Å². The Morgan fingerprint density at radius 2 is 2.00 bits per heavy atom. The number of benzene rings is 1. The Morgan fingerprint density at radius 3 is 2.70 bits per heavy atom. The monoisotopic (exact) mass is 336 g/mol. The molecule has 3 N–H and O–H groups in total. The van der Waals surface area contributed by atoms with Crippen molar-refractivity contribution >= 4 is 21.8 Å². The third-order valence-electron chi connectivity index (χ3n) is 2.71. The van der Waals surface area contributed by atoms with Crippen molar-refractivity contribution in [1.82, 2.24) is 10.3 Å². The normalized spacial score (nSPS) is 10.2. The van der Waals surface area contributed by atoms with Crippen LogP contribution >= 0.6 is 15.9 Å². The number of amides is 1. The van der Waals surface area contributed by atoms with Crippen molar-refractivity contribution in [2.75, 3.05) is 6.54 Å². The Labute approximate surface area is 124 Å². The van der Waals surface area contributed by atoms with Gasteiger partial charge in [0, 0.05) is 23.4 Å². The topological polar surface area (TPSA) is 82.5 Å². The molecule has 1 heterocycles. The molecule has 1 aromatic heterocycles. The lowest BCUT2D eigenvalue weighted by Crippen LogP contribution is -2.25. The van der Waals surface area contributed by atoms with E-state index >= 15 is 0 Å². The van der Waals surface area contributed by atoms with Crippen molar-refractivity contribution in [3.63, 3.8) is 0 Å². The highest BCUT2D eigenvalue weighted by Gasteiger charge is 2.06. The summed E-state index contributed by atoms with van der Waals surface area (Å²) in [7, 11) is 0. The SMILES string of the molecule is O=C(NCCc1ccc(O)c(O)c1)c1cncc(Br)c1. The van der Waals surface area contributed by atoms with E-state index in [9.17, 15) is 15.0 Å². The number of aromatic hydroxyl groups is 2. The first-order chi connectivity index (χ1) is 9.56. The van der Waals surface area contributed by atoms with Gasteiger partial charge in [-0.2, -0.15) is 0 Å². The molecule has 0 unspecified atom stereocenters. The number of rotatable bonds is 4. The van der Waals surface area contributed by atoms with Crippen LogP contribution in [0, 0.1) is 0 Å². The maximum Gasteiger partial charge on any atom is 0.252 e. The first-order valence-corrected chi connectivity index (χ1v) is 6.75. The van der Waals surface area contributed by atoms with Crippen LogP contribution in [0.2, 0.25) is 0 Å². The number of aromatic nitrogens is 1. The van der Waals surface area contributed by atoms with Gasteiger partial charge in [-0.1, -0.05) is 6.07 Å². The van der Waals surface area contributed by atoms with Crippen LogP contribution in [-0.4, -0.2) is 27.6 Å². The molecule has 0 atom stereocenters. The van der Waals surface area contributed by atoms with E-state index in [1.165, 1.54) is 18.3 Å². The molecule has 20 heavy (non-hydrogen) atoms. The maximum atomic E-state index is 11.8. The Bertz CT molecular complexity index is 632. The molecule has 5 nitrogen and oxygen atoms in total. The van der Waals surface area contributed by atoms with Crippen LogP contribution in [0.4, 0.5) is 0 Å². The Morgan fingerprint density at radius 1 is 1.20 bits per heavy atom. The summed E-state index contributed by atoms with van der Waals surface area (Å²) in [5.74, 6) is -0.523. The van der Waals surface area contributed by atoms with E-state index in [1.807, 2.05) is 0 Å². The highest BCUT2D eigenvalue weighted by Crippen LogP contribution is 2.24. The third kappa shape index (κ3) is 3.71. The van der Waals surface area contributed by atoms with Gasteiger partial charge < -0.3 is 15.5 Å². The van der Waals surface area contributed by atoms with Crippen molar-refractivity contribution in [3.8, 4) is 11.5 Å². The molecule has 0 bridgehead atoms. The molecule has 1 amide bonds. The van der Waals surface area contributed by atoms with Gasteiger partial charge in [0.05, 0.1) is 5.56 Å². The Hall–Kier alpha value is -2.08. The summed E-state index contributed by atoms with van der Waals surface area (Å²) in [5.41, 5.74) is 1.31. The molecule has 0 aliphatic heterocycles. The zero-order chi connectivity index (χ0) is 14.5. The molecule has 0 aliphatic carbocycles. The minimum absolute atomic E-state index is 0.155. The first-order valence-electron chi connectivity index (χ1n) is 5.96. The van der Waals surface area contributed by atoms with Crippen LogP contribution in [-0.2, 0) is 6.42 Å². The molecular formula is C14H13BrN2O3. The number of phenols is 2. The van der Waals surface area contributed by atoms with Gasteiger partial charge in [0.25, 0.3) is 5.91 Å². The zero-order valence-corrected chi connectivity index (χ0v) is 12.1. The van der Waals surface area contributed by atoms with Gasteiger partial charge in [0.15, 0.2) is 11.5 Å². The molecule has 0 saturated carbocycles. The fourth-order valence-electron chi connectivity index (χ4n) is 1.68. The molecular weight excluding hydrogens is 324 g/mol. The maximum absolute atomic E-state index is 11.8. The number of hydrogen-bond donors (Lipinski definition) is 3. The second-order valence-corrected chi connectivity index (χ2v) is 5.14. The summed E-state index contributed by atoms with van der Waals surface area (Å²) in [4.78, 5) is 15.8. The standard InChI is InChI=1S/C14H13BrN2O3/c15-11-6-10(7-16-8-11)14(20)17-4-3-9-1-2-12(18)13(19)5-9/h1-2,5-8,18-19H,3-4H2,(H,17,20). The van der Waals surface area contributed by atoms with Crippen molar-refractivity contribution < 1.29 is 15.0 Å². The molecule has 104 valence electrons. The van der Waals surface area contributed by atoms with Gasteiger partial charge >= 0.3 is 0 Å². The first kappa shape index (κ1) is 14.3. The van der Waals surface area contributed by atoms with E-state index in [1.54, 1.807) is 18.3 Å². The van der Waals surface area contributed by atoms with Gasteiger partial charge in [0.2, 0.25) is 0 Å². The number of nitrogens with zero attached hydrogens (tertiary/aromatic N) is 1. The predicted molar refractivity (Wildman–Crippen MR) is 77.7 cm³/mol. The average Bonchev–Trinajstić information content (AvgIpc) is 2.42. The molecule has 0 saturated heterocycles. The average molecular weight is 337 g/mol. The Kier molecular flexibility index (Phi) is 4.57. The van der Waals surface area contributed by atoms with E-state index in [0.717, 1.165) is 10.0 Å². The van der Waals surface area contributed by atoms with E-state index < -0.39 is 0 Å². The summed E-state index contributed by atoms with van der Waals surface area (Å²) in [6.45, 7) is 0.426. The molecule has 2 aromatic rings. The van der Waals surface area contributed by atoms with E-state index in [4.69, 9.17) is 0 Å². The van der Waals surface area contributed by atoms with E-state index in [2.05, 4.69) is 26.2 Å². The summed E-state index contributed by atoms with van der Waals surface area (Å²) < 4.78 is 0.744. The number of hydrogen-bond acceptors (Lipinski definition) is 4. The summed E-state index contributed by atoms with van der Waals surface area (Å²) in [6, 6.07) is 6.28. The molecule has 2 rings (SSSR count). The van der Waals surface area contributed by atoms with Crippen LogP contribution < -0.4 is 5.32 Å². The Balaban J connectivity index is 1.89. The highest BCUT2D eigenvalue weighted by atomic mass is 79.9. The molecule has 0 radical (unpaired) electrons.